The van der Waals surface area contributed by atoms with Gasteiger partial charge in [-0.3, -0.25) is 0 Å². The molecule has 1 atom stereocenters. The van der Waals surface area contributed by atoms with Gasteiger partial charge in [0.25, 0.3) is 0 Å². The highest BCUT2D eigenvalue weighted by molar-refractivity contribution is 7.26. The van der Waals surface area contributed by atoms with E-state index in [1.165, 1.54) is 32.8 Å². The Labute approximate surface area is 132 Å². The van der Waals surface area contributed by atoms with Crippen molar-refractivity contribution < 1.29 is 0 Å². The predicted octanol–water partition coefficient (Wildman–Crippen LogP) is 4.86. The first-order chi connectivity index (χ1) is 10.7. The summed E-state index contributed by atoms with van der Waals surface area (Å²) in [6, 6.07) is 23.6. The Balaban J connectivity index is 2.14. The van der Waals surface area contributed by atoms with Gasteiger partial charge in [0.1, 0.15) is 0 Å². The molecule has 106 valence electrons. The molecular formula is C20H16NP. The molecule has 0 saturated heterocycles. The van der Waals surface area contributed by atoms with Crippen molar-refractivity contribution in [3.05, 3.63) is 72.3 Å². The molecule has 0 amide bonds. The number of hydrogen-bond donors (Lipinski definition) is 0. The van der Waals surface area contributed by atoms with E-state index in [0.717, 1.165) is 11.0 Å². The van der Waals surface area contributed by atoms with Gasteiger partial charge in [-0.1, -0.05) is 57.8 Å². The van der Waals surface area contributed by atoms with Crippen LogP contribution in [0.5, 0.6) is 0 Å². The average molecular weight is 301 g/mol. The number of hydrogen-bond acceptors (Lipinski definition) is 1. The van der Waals surface area contributed by atoms with Crippen molar-refractivity contribution in [2.75, 3.05) is 0 Å². The van der Waals surface area contributed by atoms with Crippen molar-refractivity contribution in [2.45, 2.75) is 6.92 Å². The summed E-state index contributed by atoms with van der Waals surface area (Å²) >= 11 is 0. The highest BCUT2D eigenvalue weighted by atomic mass is 31.0. The maximum Gasteiger partial charge on any atom is 0.0788 e. The van der Waals surface area contributed by atoms with Gasteiger partial charge in [-0.05, 0) is 47.0 Å². The average Bonchev–Trinajstić information content (AvgIpc) is 2.54. The zero-order valence-electron chi connectivity index (χ0n) is 12.4. The molecule has 0 fully saturated rings. The minimum atomic E-state index is 0.970. The number of nitrogens with zero attached hydrogens (tertiary/aromatic N) is 1. The molecular weight excluding hydrogens is 285 g/mol. The zero-order valence-corrected chi connectivity index (χ0v) is 13.5. The Morgan fingerprint density at radius 2 is 1.59 bits per heavy atom. The van der Waals surface area contributed by atoms with Gasteiger partial charge in [0.05, 0.1) is 11.0 Å². The van der Waals surface area contributed by atoms with E-state index in [4.69, 9.17) is 4.98 Å². The molecule has 2 heteroatoms. The molecule has 0 bridgehead atoms. The van der Waals surface area contributed by atoms with Gasteiger partial charge in [0, 0.05) is 10.9 Å². The molecule has 0 radical (unpaired) electrons. The molecule has 22 heavy (non-hydrogen) atoms. The largest absolute Gasteiger partial charge is 0.248 e. The highest BCUT2D eigenvalue weighted by Gasteiger charge is 2.10. The molecule has 3 aromatic carbocycles. The lowest BCUT2D eigenvalue weighted by Gasteiger charge is -2.11. The molecule has 0 N–H and O–H groups in total. The fraction of sp³-hybridized carbons (Fsp3) is 0.0500. The van der Waals surface area contributed by atoms with Gasteiger partial charge < -0.3 is 0 Å². The summed E-state index contributed by atoms with van der Waals surface area (Å²) in [5, 5.41) is 3.72. The van der Waals surface area contributed by atoms with Crippen LogP contribution >= 0.6 is 9.24 Å². The first-order valence-electron chi connectivity index (χ1n) is 7.37. The van der Waals surface area contributed by atoms with E-state index >= 15 is 0 Å². The van der Waals surface area contributed by atoms with Gasteiger partial charge in [0.2, 0.25) is 0 Å². The summed E-state index contributed by atoms with van der Waals surface area (Å²) in [5.41, 5.74) is 5.74. The maximum absolute atomic E-state index is 4.76. The van der Waals surface area contributed by atoms with Crippen molar-refractivity contribution >= 4 is 36.4 Å². The molecule has 1 nitrogen and oxygen atoms in total. The summed E-state index contributed by atoms with van der Waals surface area (Å²) in [6.07, 6.45) is 0. The third-order valence-electron chi connectivity index (χ3n) is 4.04. The van der Waals surface area contributed by atoms with Crippen LogP contribution in [0.15, 0.2) is 66.7 Å². The molecule has 4 aromatic rings. The van der Waals surface area contributed by atoms with Crippen molar-refractivity contribution in [1.82, 2.24) is 4.98 Å². The quantitative estimate of drug-likeness (QED) is 0.457. The molecule has 1 aromatic heterocycles. The Kier molecular flexibility index (Phi) is 3.17. The molecule has 1 heterocycles. The lowest BCUT2D eigenvalue weighted by atomic mass is 9.95. The normalized spacial score (nSPS) is 11.2. The lowest BCUT2D eigenvalue weighted by Crippen LogP contribution is -1.98. The Bertz CT molecular complexity index is 1000. The van der Waals surface area contributed by atoms with Crippen LogP contribution in [0.25, 0.3) is 32.8 Å². The highest BCUT2D eigenvalue weighted by Crippen LogP contribution is 2.33. The van der Waals surface area contributed by atoms with E-state index in [1.807, 2.05) is 6.07 Å². The van der Waals surface area contributed by atoms with E-state index in [2.05, 4.69) is 76.8 Å². The van der Waals surface area contributed by atoms with Gasteiger partial charge in [-0.2, -0.15) is 0 Å². The van der Waals surface area contributed by atoms with Crippen molar-refractivity contribution in [3.63, 3.8) is 0 Å². The lowest BCUT2D eigenvalue weighted by molar-refractivity contribution is 1.44. The standard InChI is InChI=1S/C20H16NP/c1-13-11-15-9-10-19(22)21-20(15)18(12-13)17-8-4-6-14-5-2-3-7-16(14)17/h2-12H,22H2,1H3. The SMILES string of the molecule is Cc1cc(-c2cccc3ccccc23)c2nc(P)ccc2c1. The summed E-state index contributed by atoms with van der Waals surface area (Å²) in [4.78, 5) is 4.76. The number of fused-ring (bicyclic) bond motifs is 2. The molecule has 0 saturated carbocycles. The van der Waals surface area contributed by atoms with Crippen LogP contribution in [0.3, 0.4) is 0 Å². The minimum Gasteiger partial charge on any atom is -0.248 e. The maximum atomic E-state index is 4.76. The monoisotopic (exact) mass is 301 g/mol. The molecule has 0 aliphatic heterocycles. The van der Waals surface area contributed by atoms with Crippen LogP contribution in [0, 0.1) is 6.92 Å². The summed E-state index contributed by atoms with van der Waals surface area (Å²) in [5.74, 6) is 0. The topological polar surface area (TPSA) is 12.9 Å². The molecule has 0 spiro atoms. The Morgan fingerprint density at radius 3 is 2.50 bits per heavy atom. The van der Waals surface area contributed by atoms with Crippen LogP contribution in [0.4, 0.5) is 0 Å². The molecule has 0 aliphatic rings. The third-order valence-corrected chi connectivity index (χ3v) is 4.36. The van der Waals surface area contributed by atoms with E-state index in [1.54, 1.807) is 0 Å². The second kappa shape index (κ2) is 5.19. The van der Waals surface area contributed by atoms with Gasteiger partial charge >= 0.3 is 0 Å². The van der Waals surface area contributed by atoms with Crippen LogP contribution < -0.4 is 5.44 Å². The predicted molar refractivity (Wildman–Crippen MR) is 98.8 cm³/mol. The van der Waals surface area contributed by atoms with Crippen LogP contribution in [-0.4, -0.2) is 4.98 Å². The van der Waals surface area contributed by atoms with Gasteiger partial charge in [0.15, 0.2) is 0 Å². The summed E-state index contributed by atoms with van der Waals surface area (Å²) in [6.45, 7) is 2.14. The van der Waals surface area contributed by atoms with Crippen LogP contribution in [0.2, 0.25) is 0 Å². The van der Waals surface area contributed by atoms with Crippen LogP contribution in [0.1, 0.15) is 5.56 Å². The van der Waals surface area contributed by atoms with E-state index in [9.17, 15) is 0 Å². The molecule has 0 aliphatic carbocycles. The van der Waals surface area contributed by atoms with Gasteiger partial charge in [-0.15, -0.1) is 0 Å². The first kappa shape index (κ1) is 13.4. The molecule has 4 rings (SSSR count). The minimum absolute atomic E-state index is 0.970. The van der Waals surface area contributed by atoms with E-state index in [0.29, 0.717) is 0 Å². The third kappa shape index (κ3) is 2.19. The summed E-state index contributed by atoms with van der Waals surface area (Å²) in [7, 11) is 2.69. The summed E-state index contributed by atoms with van der Waals surface area (Å²) < 4.78 is 0. The Hall–Kier alpha value is -2.24. The van der Waals surface area contributed by atoms with Gasteiger partial charge in [-0.25, -0.2) is 4.98 Å². The number of aryl methyl sites for hydroxylation is 1. The Morgan fingerprint density at radius 1 is 0.773 bits per heavy atom. The number of benzene rings is 3. The zero-order chi connectivity index (χ0) is 15.1. The van der Waals surface area contributed by atoms with E-state index in [-0.39, 0.29) is 0 Å². The fourth-order valence-corrected chi connectivity index (χ4v) is 3.29. The van der Waals surface area contributed by atoms with Crippen molar-refractivity contribution in [3.8, 4) is 11.1 Å². The fourth-order valence-electron chi connectivity index (χ4n) is 3.07. The number of rotatable bonds is 1. The first-order valence-corrected chi connectivity index (χ1v) is 7.95. The van der Waals surface area contributed by atoms with Crippen LogP contribution in [-0.2, 0) is 0 Å². The van der Waals surface area contributed by atoms with Crippen molar-refractivity contribution in [1.29, 1.82) is 0 Å². The second-order valence-electron chi connectivity index (χ2n) is 5.65. The number of aromatic nitrogens is 1. The molecule has 1 unspecified atom stereocenters. The van der Waals surface area contributed by atoms with E-state index < -0.39 is 0 Å². The second-order valence-corrected chi connectivity index (χ2v) is 6.24. The smallest absolute Gasteiger partial charge is 0.0788 e. The number of pyridine rings is 1. The van der Waals surface area contributed by atoms with Crippen molar-refractivity contribution in [2.24, 2.45) is 0 Å².